The minimum Gasteiger partial charge on any atom is -0.493 e. The molecule has 0 spiro atoms. The molecule has 1 N–H and O–H groups in total. The summed E-state index contributed by atoms with van der Waals surface area (Å²) in [5, 5.41) is 15.8. The van der Waals surface area contributed by atoms with E-state index in [9.17, 15) is 14.9 Å². The summed E-state index contributed by atoms with van der Waals surface area (Å²) < 4.78 is 5.53. The molecular weight excluding hydrogens is 378 g/mol. The largest absolute Gasteiger partial charge is 0.493 e. The van der Waals surface area contributed by atoms with Gasteiger partial charge in [-0.1, -0.05) is 30.3 Å². The first kappa shape index (κ1) is 19.2. The number of benzene rings is 2. The van der Waals surface area contributed by atoms with Gasteiger partial charge < -0.3 is 4.74 Å². The average molecular weight is 395 g/mol. The van der Waals surface area contributed by atoms with Crippen molar-refractivity contribution in [1.29, 1.82) is 0 Å². The molecule has 142 valence electrons. The van der Waals surface area contributed by atoms with E-state index in [1.54, 1.807) is 23.6 Å². The number of anilines is 1. The third-order valence-electron chi connectivity index (χ3n) is 3.72. The predicted molar refractivity (Wildman–Crippen MR) is 109 cm³/mol. The Morgan fingerprint density at radius 1 is 1.29 bits per heavy atom. The number of nitro groups is 1. The van der Waals surface area contributed by atoms with Crippen molar-refractivity contribution in [1.82, 2.24) is 4.98 Å². The normalized spacial score (nSPS) is 10.8. The van der Waals surface area contributed by atoms with Crippen molar-refractivity contribution in [3.8, 4) is 17.0 Å². The Kier molecular flexibility index (Phi) is 6.13. The zero-order valence-electron chi connectivity index (χ0n) is 15.0. The number of carbonyl (C=O) groups excluding carboxylic acids is 1. The van der Waals surface area contributed by atoms with Gasteiger partial charge in [-0.05, 0) is 19.1 Å². The number of nitrogens with zero attached hydrogens (tertiary/aromatic N) is 2. The Morgan fingerprint density at radius 2 is 2.11 bits per heavy atom. The summed E-state index contributed by atoms with van der Waals surface area (Å²) in [6.07, 6.45) is 3.09. The molecule has 0 saturated heterocycles. The van der Waals surface area contributed by atoms with Crippen LogP contribution in [0, 0.1) is 10.1 Å². The minimum absolute atomic E-state index is 0.00742. The van der Waals surface area contributed by atoms with Crippen LogP contribution in [0.25, 0.3) is 17.3 Å². The van der Waals surface area contributed by atoms with Crippen LogP contribution in [0.3, 0.4) is 0 Å². The van der Waals surface area contributed by atoms with Crippen LogP contribution in [-0.2, 0) is 4.79 Å². The number of aromatic nitrogens is 1. The van der Waals surface area contributed by atoms with Crippen molar-refractivity contribution in [2.45, 2.75) is 6.92 Å². The molecule has 28 heavy (non-hydrogen) atoms. The summed E-state index contributed by atoms with van der Waals surface area (Å²) in [6, 6.07) is 13.6. The molecule has 1 amide bonds. The highest BCUT2D eigenvalue weighted by Crippen LogP contribution is 2.27. The molecule has 0 atom stereocenters. The summed E-state index contributed by atoms with van der Waals surface area (Å²) in [4.78, 5) is 27.0. The second-order valence-electron chi connectivity index (χ2n) is 5.64. The maximum Gasteiger partial charge on any atom is 0.270 e. The lowest BCUT2D eigenvalue weighted by Crippen LogP contribution is -2.07. The Bertz CT molecular complexity index is 1030. The van der Waals surface area contributed by atoms with Gasteiger partial charge in [0.15, 0.2) is 5.13 Å². The first-order chi connectivity index (χ1) is 13.6. The van der Waals surface area contributed by atoms with Crippen molar-refractivity contribution < 1.29 is 14.5 Å². The van der Waals surface area contributed by atoms with E-state index in [0.29, 0.717) is 28.7 Å². The third-order valence-corrected chi connectivity index (χ3v) is 4.48. The molecule has 0 fully saturated rings. The van der Waals surface area contributed by atoms with Gasteiger partial charge >= 0.3 is 0 Å². The zero-order valence-corrected chi connectivity index (χ0v) is 15.8. The third kappa shape index (κ3) is 4.80. The Labute approximate surface area is 165 Å². The Morgan fingerprint density at radius 3 is 2.89 bits per heavy atom. The Hall–Kier alpha value is -3.52. The van der Waals surface area contributed by atoms with Gasteiger partial charge in [0.1, 0.15) is 5.75 Å². The van der Waals surface area contributed by atoms with Crippen LogP contribution < -0.4 is 10.1 Å². The first-order valence-electron chi connectivity index (χ1n) is 8.48. The molecular formula is C20H17N3O4S. The molecule has 1 aromatic heterocycles. The maximum atomic E-state index is 12.2. The number of thiazole rings is 1. The average Bonchev–Trinajstić information content (AvgIpc) is 3.16. The van der Waals surface area contributed by atoms with E-state index in [1.807, 2.05) is 31.2 Å². The highest BCUT2D eigenvalue weighted by Gasteiger charge is 2.11. The molecule has 0 aliphatic carbocycles. The fourth-order valence-corrected chi connectivity index (χ4v) is 3.18. The molecule has 8 heteroatoms. The number of ether oxygens (including phenoxy) is 1. The van der Waals surface area contributed by atoms with Crippen LogP contribution in [0.4, 0.5) is 10.8 Å². The van der Waals surface area contributed by atoms with Gasteiger partial charge in [0.05, 0.1) is 17.2 Å². The standard InChI is InChI=1S/C20H17N3O4S/c1-2-27-18-9-4-3-6-14(18)10-11-19(24)22-20-21-17(13-28-20)15-7-5-8-16(12-15)23(25)26/h3-13H,2H2,1H3,(H,21,22,24). The van der Waals surface area contributed by atoms with Gasteiger partial charge in [-0.15, -0.1) is 11.3 Å². The number of nitro benzene ring substituents is 1. The SMILES string of the molecule is CCOc1ccccc1C=CC(=O)Nc1nc(-c2cccc([N+](=O)[O-])c2)cs1. The van der Waals surface area contributed by atoms with Crippen LogP contribution in [0.1, 0.15) is 12.5 Å². The van der Waals surface area contributed by atoms with Crippen LogP contribution in [-0.4, -0.2) is 22.4 Å². The van der Waals surface area contributed by atoms with E-state index in [4.69, 9.17) is 4.74 Å². The molecule has 0 aliphatic heterocycles. The number of para-hydroxylation sites is 1. The fraction of sp³-hybridized carbons (Fsp3) is 0.100. The summed E-state index contributed by atoms with van der Waals surface area (Å²) in [7, 11) is 0. The van der Waals surface area contributed by atoms with E-state index in [1.165, 1.54) is 29.5 Å². The second-order valence-corrected chi connectivity index (χ2v) is 6.50. The van der Waals surface area contributed by atoms with Crippen LogP contribution in [0.2, 0.25) is 0 Å². The lowest BCUT2D eigenvalue weighted by molar-refractivity contribution is -0.384. The molecule has 1 heterocycles. The van der Waals surface area contributed by atoms with Gasteiger partial charge in [-0.2, -0.15) is 0 Å². The zero-order chi connectivity index (χ0) is 19.9. The predicted octanol–water partition coefficient (Wildman–Crippen LogP) is 4.77. The topological polar surface area (TPSA) is 94.4 Å². The maximum absolute atomic E-state index is 12.2. The molecule has 0 unspecified atom stereocenters. The minimum atomic E-state index is -0.455. The van der Waals surface area contributed by atoms with Gasteiger partial charge in [0.2, 0.25) is 5.91 Å². The molecule has 0 saturated carbocycles. The fourth-order valence-electron chi connectivity index (χ4n) is 2.46. The molecule has 3 rings (SSSR count). The van der Waals surface area contributed by atoms with E-state index in [0.717, 1.165) is 5.56 Å². The number of hydrogen-bond acceptors (Lipinski definition) is 6. The van der Waals surface area contributed by atoms with Crippen molar-refractivity contribution in [3.63, 3.8) is 0 Å². The van der Waals surface area contributed by atoms with Gasteiger partial charge in [0, 0.05) is 34.7 Å². The van der Waals surface area contributed by atoms with E-state index < -0.39 is 4.92 Å². The highest BCUT2D eigenvalue weighted by molar-refractivity contribution is 7.14. The van der Waals surface area contributed by atoms with Crippen molar-refractivity contribution in [3.05, 3.63) is 75.7 Å². The number of nitrogens with one attached hydrogen (secondary N) is 1. The number of amides is 1. The number of non-ortho nitro benzene ring substituents is 1. The quantitative estimate of drug-likeness (QED) is 0.353. The molecule has 0 aliphatic rings. The number of carbonyl (C=O) groups is 1. The number of hydrogen-bond donors (Lipinski definition) is 1. The monoisotopic (exact) mass is 395 g/mol. The van der Waals surface area contributed by atoms with Crippen LogP contribution in [0.15, 0.2) is 60.0 Å². The Balaban J connectivity index is 1.69. The number of rotatable bonds is 7. The summed E-state index contributed by atoms with van der Waals surface area (Å²) in [6.45, 7) is 2.44. The summed E-state index contributed by atoms with van der Waals surface area (Å²) in [5.74, 6) is 0.377. The molecule has 3 aromatic rings. The highest BCUT2D eigenvalue weighted by atomic mass is 32.1. The van der Waals surface area contributed by atoms with Crippen LogP contribution >= 0.6 is 11.3 Å². The van der Waals surface area contributed by atoms with Crippen LogP contribution in [0.5, 0.6) is 5.75 Å². The summed E-state index contributed by atoms with van der Waals surface area (Å²) in [5.41, 5.74) is 1.98. The van der Waals surface area contributed by atoms with Gasteiger partial charge in [-0.25, -0.2) is 4.98 Å². The van der Waals surface area contributed by atoms with Gasteiger partial charge in [-0.3, -0.25) is 20.2 Å². The van der Waals surface area contributed by atoms with E-state index >= 15 is 0 Å². The summed E-state index contributed by atoms with van der Waals surface area (Å²) >= 11 is 1.25. The van der Waals surface area contributed by atoms with E-state index in [2.05, 4.69) is 10.3 Å². The molecule has 7 nitrogen and oxygen atoms in total. The van der Waals surface area contributed by atoms with E-state index in [-0.39, 0.29) is 11.6 Å². The first-order valence-corrected chi connectivity index (χ1v) is 9.36. The van der Waals surface area contributed by atoms with Crippen molar-refractivity contribution >= 4 is 34.1 Å². The van der Waals surface area contributed by atoms with Crippen molar-refractivity contribution in [2.24, 2.45) is 0 Å². The molecule has 0 bridgehead atoms. The lowest BCUT2D eigenvalue weighted by Gasteiger charge is -2.06. The lowest BCUT2D eigenvalue weighted by atomic mass is 10.1. The molecule has 0 radical (unpaired) electrons. The molecule has 2 aromatic carbocycles. The van der Waals surface area contributed by atoms with Gasteiger partial charge in [0.25, 0.3) is 5.69 Å². The second kappa shape index (κ2) is 8.92. The van der Waals surface area contributed by atoms with Crippen molar-refractivity contribution in [2.75, 3.05) is 11.9 Å². The smallest absolute Gasteiger partial charge is 0.270 e.